The van der Waals surface area contributed by atoms with Crippen molar-refractivity contribution in [3.63, 3.8) is 0 Å². The van der Waals surface area contributed by atoms with Crippen LogP contribution in [0.25, 0.3) is 0 Å². The van der Waals surface area contributed by atoms with E-state index in [1.165, 1.54) is 31.2 Å². The molecule has 0 unspecified atom stereocenters. The van der Waals surface area contributed by atoms with Crippen molar-refractivity contribution < 1.29 is 9.90 Å². The molecule has 2 heterocycles. The number of carbonyl (C=O) groups excluding carboxylic acids is 1. The van der Waals surface area contributed by atoms with Crippen molar-refractivity contribution in [2.24, 2.45) is 0 Å². The van der Waals surface area contributed by atoms with Gasteiger partial charge in [0, 0.05) is 62.8 Å². The highest BCUT2D eigenvalue weighted by Crippen LogP contribution is 2.26. The molecule has 2 aromatic rings. The van der Waals surface area contributed by atoms with Crippen molar-refractivity contribution in [2.75, 3.05) is 43.4 Å². The van der Waals surface area contributed by atoms with Gasteiger partial charge in [0.15, 0.2) is 0 Å². The number of hydrogen-bond donors (Lipinski definition) is 4. The van der Waals surface area contributed by atoms with Crippen LogP contribution in [0.3, 0.4) is 0 Å². The number of likely N-dealkylation sites (tertiary alicyclic amines) is 1. The number of aromatic hydroxyl groups is 1. The molecule has 34 heavy (non-hydrogen) atoms. The smallest absolute Gasteiger partial charge is 0.270 e. The van der Waals surface area contributed by atoms with E-state index in [0.29, 0.717) is 5.56 Å². The van der Waals surface area contributed by atoms with E-state index in [-0.39, 0.29) is 23.4 Å². The van der Waals surface area contributed by atoms with Crippen LogP contribution in [-0.4, -0.2) is 60.9 Å². The van der Waals surface area contributed by atoms with Crippen molar-refractivity contribution >= 4 is 23.0 Å². The molecule has 4 N–H and O–H groups in total. The first kappa shape index (κ1) is 24.1. The highest BCUT2D eigenvalue weighted by Gasteiger charge is 2.24. The predicted molar refractivity (Wildman–Crippen MR) is 138 cm³/mol. The molecule has 1 amide bonds. The maximum Gasteiger partial charge on any atom is 0.270 e. The fraction of sp³-hybridized carbons (Fsp3) is 0.481. The molecule has 0 saturated carbocycles. The highest BCUT2D eigenvalue weighted by atomic mass is 16.3. The summed E-state index contributed by atoms with van der Waals surface area (Å²) in [6.45, 7) is 4.75. The number of hydrogen-bond acceptors (Lipinski definition) is 6. The van der Waals surface area contributed by atoms with Crippen LogP contribution < -0.4 is 15.5 Å². The third-order valence-electron chi connectivity index (χ3n) is 7.01. The molecule has 2 aliphatic rings. The van der Waals surface area contributed by atoms with Crippen molar-refractivity contribution in [1.82, 2.24) is 10.2 Å². The monoisotopic (exact) mass is 463 g/mol. The van der Waals surface area contributed by atoms with Gasteiger partial charge in [-0.25, -0.2) is 0 Å². The van der Waals surface area contributed by atoms with Crippen molar-refractivity contribution in [3.8, 4) is 5.75 Å². The third kappa shape index (κ3) is 6.08. The van der Waals surface area contributed by atoms with Crippen LogP contribution >= 0.6 is 0 Å². The Morgan fingerprint density at radius 3 is 2.32 bits per heavy atom. The zero-order valence-corrected chi connectivity index (χ0v) is 20.1. The SMILES string of the molecule is CNc1cc(N2CCCCCC2)ccc1C(=N)C(=O)NC1CCN(Cc2ccc(O)cc2)CC1. The fourth-order valence-corrected chi connectivity index (χ4v) is 4.96. The minimum Gasteiger partial charge on any atom is -0.508 e. The van der Waals surface area contributed by atoms with Crippen LogP contribution in [0.4, 0.5) is 11.4 Å². The summed E-state index contributed by atoms with van der Waals surface area (Å²) in [7, 11) is 1.85. The number of rotatable bonds is 7. The number of carbonyl (C=O) groups is 1. The number of nitrogens with one attached hydrogen (secondary N) is 3. The zero-order chi connectivity index (χ0) is 23.9. The van der Waals surface area contributed by atoms with E-state index in [1.54, 1.807) is 12.1 Å². The predicted octanol–water partition coefficient (Wildman–Crippen LogP) is 3.96. The van der Waals surface area contributed by atoms with Gasteiger partial charge in [-0.1, -0.05) is 25.0 Å². The molecule has 0 aliphatic carbocycles. The van der Waals surface area contributed by atoms with E-state index in [4.69, 9.17) is 5.41 Å². The number of nitrogens with zero attached hydrogens (tertiary/aromatic N) is 2. The molecule has 0 radical (unpaired) electrons. The number of phenolic OH excluding ortho intramolecular Hbond substituents is 1. The molecule has 182 valence electrons. The summed E-state index contributed by atoms with van der Waals surface area (Å²) in [5, 5.41) is 24.3. The van der Waals surface area contributed by atoms with Crippen LogP contribution in [0.15, 0.2) is 42.5 Å². The summed E-state index contributed by atoms with van der Waals surface area (Å²) in [4.78, 5) is 17.7. The van der Waals surface area contributed by atoms with E-state index in [0.717, 1.165) is 56.9 Å². The van der Waals surface area contributed by atoms with Gasteiger partial charge in [0.1, 0.15) is 11.5 Å². The van der Waals surface area contributed by atoms with Crippen molar-refractivity contribution in [3.05, 3.63) is 53.6 Å². The second-order valence-electron chi connectivity index (χ2n) is 9.45. The molecule has 2 aliphatic heterocycles. The molecular formula is C27H37N5O2. The Labute approximate surface area is 202 Å². The first-order valence-corrected chi connectivity index (χ1v) is 12.5. The zero-order valence-electron chi connectivity index (χ0n) is 20.1. The first-order valence-electron chi connectivity index (χ1n) is 12.5. The maximum absolute atomic E-state index is 12.9. The van der Waals surface area contributed by atoms with Crippen LogP contribution in [0, 0.1) is 5.41 Å². The largest absolute Gasteiger partial charge is 0.508 e. The number of piperidine rings is 1. The Bertz CT molecular complexity index is 975. The van der Waals surface area contributed by atoms with Gasteiger partial charge in [-0.3, -0.25) is 15.1 Å². The summed E-state index contributed by atoms with van der Waals surface area (Å²) < 4.78 is 0. The molecule has 0 atom stereocenters. The van der Waals surface area contributed by atoms with Crippen LogP contribution in [0.2, 0.25) is 0 Å². The van der Waals surface area contributed by atoms with E-state index >= 15 is 0 Å². The molecule has 7 heteroatoms. The van der Waals surface area contributed by atoms with Gasteiger partial charge in [0.2, 0.25) is 0 Å². The molecule has 2 aromatic carbocycles. The van der Waals surface area contributed by atoms with Gasteiger partial charge in [0.25, 0.3) is 5.91 Å². The van der Waals surface area contributed by atoms with E-state index in [2.05, 4.69) is 26.5 Å². The number of phenols is 1. The van der Waals surface area contributed by atoms with Gasteiger partial charge in [-0.2, -0.15) is 0 Å². The van der Waals surface area contributed by atoms with E-state index in [9.17, 15) is 9.90 Å². The molecule has 2 fully saturated rings. The summed E-state index contributed by atoms with van der Waals surface area (Å²) in [6.07, 6.45) is 6.72. The Balaban J connectivity index is 1.31. The number of benzene rings is 2. The van der Waals surface area contributed by atoms with Crippen molar-refractivity contribution in [1.29, 1.82) is 5.41 Å². The van der Waals surface area contributed by atoms with E-state index in [1.807, 2.05) is 31.3 Å². The second-order valence-corrected chi connectivity index (χ2v) is 9.45. The molecule has 7 nitrogen and oxygen atoms in total. The average Bonchev–Trinajstić information content (AvgIpc) is 3.15. The Morgan fingerprint density at radius 2 is 1.68 bits per heavy atom. The summed E-state index contributed by atoms with van der Waals surface area (Å²) in [6, 6.07) is 13.4. The topological polar surface area (TPSA) is 91.7 Å². The Morgan fingerprint density at radius 1 is 1.00 bits per heavy atom. The van der Waals surface area contributed by atoms with Gasteiger partial charge >= 0.3 is 0 Å². The normalized spacial score (nSPS) is 17.7. The number of amides is 1. The molecule has 0 spiro atoms. The van der Waals surface area contributed by atoms with Crippen molar-refractivity contribution in [2.45, 2.75) is 51.1 Å². The molecule has 4 rings (SSSR count). The minimum absolute atomic E-state index is 0.0123. The molecule has 2 saturated heterocycles. The summed E-state index contributed by atoms with van der Waals surface area (Å²) >= 11 is 0. The second kappa shape index (κ2) is 11.4. The summed E-state index contributed by atoms with van der Waals surface area (Å²) in [5.41, 5.74) is 3.81. The molecular weight excluding hydrogens is 426 g/mol. The van der Waals surface area contributed by atoms with Gasteiger partial charge in [-0.15, -0.1) is 0 Å². The highest BCUT2D eigenvalue weighted by molar-refractivity contribution is 6.45. The fourth-order valence-electron chi connectivity index (χ4n) is 4.96. The van der Waals surface area contributed by atoms with Gasteiger partial charge < -0.3 is 20.6 Å². The molecule has 0 aromatic heterocycles. The average molecular weight is 464 g/mol. The van der Waals surface area contributed by atoms with Gasteiger partial charge in [-0.05, 0) is 61.6 Å². The van der Waals surface area contributed by atoms with Crippen LogP contribution in [0.5, 0.6) is 5.75 Å². The molecule has 0 bridgehead atoms. The Kier molecular flexibility index (Phi) is 8.06. The lowest BCUT2D eigenvalue weighted by molar-refractivity contribution is -0.115. The lowest BCUT2D eigenvalue weighted by Gasteiger charge is -2.32. The minimum atomic E-state index is -0.309. The lowest BCUT2D eigenvalue weighted by Crippen LogP contribution is -2.46. The maximum atomic E-state index is 12.9. The lowest BCUT2D eigenvalue weighted by atomic mass is 10.0. The van der Waals surface area contributed by atoms with Crippen LogP contribution in [0.1, 0.15) is 49.7 Å². The van der Waals surface area contributed by atoms with E-state index < -0.39 is 0 Å². The first-order chi connectivity index (χ1) is 16.5. The Hall–Kier alpha value is -3.06. The standard InChI is InChI=1S/C27H37N5O2/c1-29-25-18-22(32-14-4-2-3-5-15-32)8-11-24(25)26(28)27(34)30-21-12-16-31(17-13-21)19-20-6-9-23(33)10-7-20/h6-11,18,21,28-29,33H,2-5,12-17,19H2,1H3,(H,30,34). The number of anilines is 2. The third-order valence-corrected chi connectivity index (χ3v) is 7.01. The van der Waals surface area contributed by atoms with Gasteiger partial charge in [0.05, 0.1) is 0 Å². The van der Waals surface area contributed by atoms with Crippen LogP contribution in [-0.2, 0) is 11.3 Å². The summed E-state index contributed by atoms with van der Waals surface area (Å²) in [5.74, 6) is -0.0263. The quantitative estimate of drug-likeness (QED) is 0.467.